The summed E-state index contributed by atoms with van der Waals surface area (Å²) < 4.78 is 5.18. The Balaban J connectivity index is 2.21. The van der Waals surface area contributed by atoms with E-state index in [9.17, 15) is 4.79 Å². The molecule has 2 atom stereocenters. The number of hydrogen-bond donors (Lipinski definition) is 1. The molecule has 2 unspecified atom stereocenters. The normalized spacial score (nSPS) is 21.7. The second-order valence-corrected chi connectivity index (χ2v) is 4.19. The fraction of sp³-hybridized carbons (Fsp3) is 0.462. The monoisotopic (exact) mass is 219 g/mol. The predicted octanol–water partition coefficient (Wildman–Crippen LogP) is 1.59. The van der Waals surface area contributed by atoms with Crippen molar-refractivity contribution in [1.29, 1.82) is 0 Å². The van der Waals surface area contributed by atoms with Crippen LogP contribution >= 0.6 is 0 Å². The summed E-state index contributed by atoms with van der Waals surface area (Å²) in [5, 5.41) is 3.30. The van der Waals surface area contributed by atoms with Crippen molar-refractivity contribution in [2.75, 3.05) is 20.2 Å². The van der Waals surface area contributed by atoms with Crippen molar-refractivity contribution in [3.05, 3.63) is 29.8 Å². The van der Waals surface area contributed by atoms with Crippen molar-refractivity contribution in [2.24, 2.45) is 5.92 Å². The largest absolute Gasteiger partial charge is 0.497 e. The van der Waals surface area contributed by atoms with Crippen LogP contribution in [0.2, 0.25) is 0 Å². The van der Waals surface area contributed by atoms with Crippen LogP contribution in [0.1, 0.15) is 17.9 Å². The minimum atomic E-state index is -0.00917. The van der Waals surface area contributed by atoms with Crippen molar-refractivity contribution in [3.8, 4) is 5.75 Å². The highest BCUT2D eigenvalue weighted by Gasteiger charge is 2.25. The zero-order chi connectivity index (χ0) is 11.4. The fourth-order valence-electron chi connectivity index (χ4n) is 2.29. The molecule has 1 fully saturated rings. The predicted molar refractivity (Wildman–Crippen MR) is 62.8 cm³/mol. The van der Waals surface area contributed by atoms with Crippen molar-refractivity contribution in [2.45, 2.75) is 12.3 Å². The molecule has 1 aliphatic rings. The van der Waals surface area contributed by atoms with Gasteiger partial charge >= 0.3 is 0 Å². The Labute approximate surface area is 95.8 Å². The highest BCUT2D eigenvalue weighted by Crippen LogP contribution is 2.29. The summed E-state index contributed by atoms with van der Waals surface area (Å²) in [6.45, 7) is 1.94. The van der Waals surface area contributed by atoms with E-state index >= 15 is 0 Å². The molecule has 2 rings (SSSR count). The van der Waals surface area contributed by atoms with Crippen molar-refractivity contribution < 1.29 is 9.53 Å². The summed E-state index contributed by atoms with van der Waals surface area (Å²) in [7, 11) is 1.64. The van der Waals surface area contributed by atoms with Gasteiger partial charge in [0.25, 0.3) is 0 Å². The Bertz CT molecular complexity index is 359. The van der Waals surface area contributed by atoms with Gasteiger partial charge in [0, 0.05) is 5.92 Å². The molecule has 1 aromatic rings. The van der Waals surface area contributed by atoms with Gasteiger partial charge in [-0.25, -0.2) is 0 Å². The Kier molecular flexibility index (Phi) is 3.57. The van der Waals surface area contributed by atoms with Crippen molar-refractivity contribution in [3.63, 3.8) is 0 Å². The number of rotatable bonds is 4. The third kappa shape index (κ3) is 2.25. The molecular formula is C13H17NO2. The van der Waals surface area contributed by atoms with Crippen LogP contribution in [0.15, 0.2) is 24.3 Å². The topological polar surface area (TPSA) is 38.3 Å². The average molecular weight is 219 g/mol. The maximum absolute atomic E-state index is 11.2. The van der Waals surface area contributed by atoms with Gasteiger partial charge in [-0.15, -0.1) is 0 Å². The van der Waals surface area contributed by atoms with Crippen LogP contribution in [0.3, 0.4) is 0 Å². The van der Waals surface area contributed by atoms with Gasteiger partial charge in [0.1, 0.15) is 12.0 Å². The molecule has 0 aromatic heterocycles. The lowest BCUT2D eigenvalue weighted by Gasteiger charge is -2.17. The van der Waals surface area contributed by atoms with E-state index in [4.69, 9.17) is 4.74 Å². The number of nitrogens with one attached hydrogen (secondary N) is 1. The highest BCUT2D eigenvalue weighted by atomic mass is 16.5. The van der Waals surface area contributed by atoms with Crippen LogP contribution in [0.5, 0.6) is 5.75 Å². The molecular weight excluding hydrogens is 202 g/mol. The summed E-state index contributed by atoms with van der Waals surface area (Å²) in [4.78, 5) is 11.2. The van der Waals surface area contributed by atoms with E-state index in [1.807, 2.05) is 24.3 Å². The Morgan fingerprint density at radius 2 is 2.44 bits per heavy atom. The first-order valence-corrected chi connectivity index (χ1v) is 5.65. The second-order valence-electron chi connectivity index (χ2n) is 4.19. The number of carbonyl (C=O) groups is 1. The van der Waals surface area contributed by atoms with E-state index in [0.29, 0.717) is 5.92 Å². The lowest BCUT2D eigenvalue weighted by atomic mass is 9.86. The van der Waals surface area contributed by atoms with Gasteiger partial charge in [-0.1, -0.05) is 12.1 Å². The van der Waals surface area contributed by atoms with Crippen LogP contribution in [-0.4, -0.2) is 26.5 Å². The maximum Gasteiger partial charge on any atom is 0.127 e. The zero-order valence-electron chi connectivity index (χ0n) is 9.48. The van der Waals surface area contributed by atoms with Gasteiger partial charge in [-0.2, -0.15) is 0 Å². The van der Waals surface area contributed by atoms with E-state index < -0.39 is 0 Å². The number of carbonyl (C=O) groups excluding carboxylic acids is 1. The van der Waals surface area contributed by atoms with Crippen LogP contribution in [-0.2, 0) is 4.79 Å². The fourth-order valence-corrected chi connectivity index (χ4v) is 2.29. The molecule has 3 heteroatoms. The van der Waals surface area contributed by atoms with Gasteiger partial charge in [0.05, 0.1) is 7.11 Å². The number of benzene rings is 1. The van der Waals surface area contributed by atoms with E-state index in [1.165, 1.54) is 0 Å². The molecule has 16 heavy (non-hydrogen) atoms. The first-order chi connectivity index (χ1) is 7.85. The summed E-state index contributed by atoms with van der Waals surface area (Å²) in [6, 6.07) is 7.79. The summed E-state index contributed by atoms with van der Waals surface area (Å²) in [5.74, 6) is 1.23. The van der Waals surface area contributed by atoms with E-state index in [1.54, 1.807) is 7.11 Å². The number of methoxy groups -OCH3 is 1. The van der Waals surface area contributed by atoms with Crippen molar-refractivity contribution >= 4 is 6.29 Å². The summed E-state index contributed by atoms with van der Waals surface area (Å²) in [5.41, 5.74) is 1.06. The van der Waals surface area contributed by atoms with Crippen LogP contribution in [0.4, 0.5) is 0 Å². The molecule has 0 amide bonds. The smallest absolute Gasteiger partial charge is 0.127 e. The summed E-state index contributed by atoms with van der Waals surface area (Å²) in [6.07, 6.45) is 2.13. The molecule has 0 saturated carbocycles. The molecule has 0 bridgehead atoms. The number of aldehydes is 1. The summed E-state index contributed by atoms with van der Waals surface area (Å²) >= 11 is 0. The van der Waals surface area contributed by atoms with E-state index in [0.717, 1.165) is 37.1 Å². The number of hydrogen-bond acceptors (Lipinski definition) is 3. The quantitative estimate of drug-likeness (QED) is 0.781. The molecule has 0 spiro atoms. The van der Waals surface area contributed by atoms with Gasteiger partial charge in [-0.05, 0) is 43.1 Å². The first kappa shape index (κ1) is 11.1. The lowest BCUT2D eigenvalue weighted by molar-refractivity contribution is -0.110. The molecule has 1 heterocycles. The Morgan fingerprint density at radius 1 is 1.56 bits per heavy atom. The first-order valence-electron chi connectivity index (χ1n) is 5.65. The van der Waals surface area contributed by atoms with Crippen molar-refractivity contribution in [1.82, 2.24) is 5.32 Å². The maximum atomic E-state index is 11.2. The zero-order valence-corrected chi connectivity index (χ0v) is 9.48. The molecule has 3 nitrogen and oxygen atoms in total. The Hall–Kier alpha value is -1.35. The van der Waals surface area contributed by atoms with E-state index in [-0.39, 0.29) is 5.92 Å². The molecule has 0 aliphatic carbocycles. The molecule has 1 aromatic carbocycles. The molecule has 86 valence electrons. The highest BCUT2D eigenvalue weighted by molar-refractivity contribution is 5.63. The molecule has 0 radical (unpaired) electrons. The second kappa shape index (κ2) is 5.12. The lowest BCUT2D eigenvalue weighted by Crippen LogP contribution is -2.17. The third-order valence-electron chi connectivity index (χ3n) is 3.23. The van der Waals surface area contributed by atoms with Crippen LogP contribution in [0, 0.1) is 5.92 Å². The van der Waals surface area contributed by atoms with E-state index in [2.05, 4.69) is 5.32 Å². The van der Waals surface area contributed by atoms with Gasteiger partial charge in [0.15, 0.2) is 0 Å². The Morgan fingerprint density at radius 3 is 3.06 bits per heavy atom. The van der Waals surface area contributed by atoms with Crippen LogP contribution < -0.4 is 10.1 Å². The minimum Gasteiger partial charge on any atom is -0.497 e. The SMILES string of the molecule is COc1cccc(C(C=O)C2CCNC2)c1. The molecule has 1 aliphatic heterocycles. The standard InChI is InChI=1S/C13H17NO2/c1-16-12-4-2-3-10(7-12)13(9-15)11-5-6-14-8-11/h2-4,7,9,11,13-14H,5-6,8H2,1H3. The third-order valence-corrected chi connectivity index (χ3v) is 3.23. The number of ether oxygens (including phenoxy) is 1. The average Bonchev–Trinajstić information content (AvgIpc) is 2.84. The van der Waals surface area contributed by atoms with Gasteiger partial charge in [-0.3, -0.25) is 0 Å². The minimum absolute atomic E-state index is 0.00917. The van der Waals surface area contributed by atoms with Gasteiger partial charge < -0.3 is 14.8 Å². The molecule has 1 saturated heterocycles. The molecule has 1 N–H and O–H groups in total. The van der Waals surface area contributed by atoms with Crippen LogP contribution in [0.25, 0.3) is 0 Å². The van der Waals surface area contributed by atoms with Gasteiger partial charge in [0.2, 0.25) is 0 Å².